The number of ether oxygens (including phenoxy) is 1. The van der Waals surface area contributed by atoms with E-state index in [4.69, 9.17) is 4.74 Å². The first kappa shape index (κ1) is 13.1. The van der Waals surface area contributed by atoms with Crippen molar-refractivity contribution in [2.45, 2.75) is 26.9 Å². The molecule has 0 N–H and O–H groups in total. The Balaban J connectivity index is 1.99. The number of carbonyl (C=O) groups excluding carboxylic acids is 1. The highest BCUT2D eigenvalue weighted by molar-refractivity contribution is 5.99. The van der Waals surface area contributed by atoms with Gasteiger partial charge in [0.15, 0.2) is 5.65 Å². The van der Waals surface area contributed by atoms with Gasteiger partial charge in [-0.25, -0.2) is 9.50 Å². The van der Waals surface area contributed by atoms with Crippen LogP contribution in [-0.2, 0) is 4.74 Å². The Morgan fingerprint density at radius 2 is 2.25 bits per heavy atom. The molecular weight excluding hydrogens is 256 g/mol. The van der Waals surface area contributed by atoms with E-state index in [1.165, 1.54) is 0 Å². The van der Waals surface area contributed by atoms with E-state index >= 15 is 0 Å². The highest BCUT2D eigenvalue weighted by Gasteiger charge is 2.25. The Morgan fingerprint density at radius 1 is 1.45 bits per heavy atom. The van der Waals surface area contributed by atoms with Crippen molar-refractivity contribution >= 4 is 11.6 Å². The molecule has 1 aliphatic heterocycles. The second-order valence-electron chi connectivity index (χ2n) is 5.27. The minimum atomic E-state index is -0.0207. The molecule has 0 radical (unpaired) electrons. The molecule has 0 saturated carbocycles. The van der Waals surface area contributed by atoms with E-state index in [9.17, 15) is 4.79 Å². The summed E-state index contributed by atoms with van der Waals surface area (Å²) in [6.45, 7) is 7.66. The summed E-state index contributed by atoms with van der Waals surface area (Å²) in [6.07, 6.45) is 1.68. The van der Waals surface area contributed by atoms with Crippen LogP contribution in [0.2, 0.25) is 0 Å². The predicted octanol–water partition coefficient (Wildman–Crippen LogP) is 1.21. The zero-order valence-electron chi connectivity index (χ0n) is 12.0. The maximum Gasteiger partial charge on any atom is 0.259 e. The number of rotatable bonds is 1. The van der Waals surface area contributed by atoms with Crippen molar-refractivity contribution in [1.82, 2.24) is 19.5 Å². The third kappa shape index (κ3) is 2.16. The zero-order chi connectivity index (χ0) is 14.3. The number of morpholine rings is 1. The second kappa shape index (κ2) is 4.86. The van der Waals surface area contributed by atoms with Crippen LogP contribution >= 0.6 is 0 Å². The van der Waals surface area contributed by atoms with Gasteiger partial charge in [0.1, 0.15) is 5.56 Å². The van der Waals surface area contributed by atoms with Gasteiger partial charge in [-0.15, -0.1) is 0 Å². The smallest absolute Gasteiger partial charge is 0.259 e. The number of nitrogens with zero attached hydrogens (tertiary/aromatic N) is 4. The number of amides is 1. The maximum absolute atomic E-state index is 12.6. The molecule has 0 bridgehead atoms. The van der Waals surface area contributed by atoms with E-state index in [0.29, 0.717) is 30.9 Å². The largest absolute Gasteiger partial charge is 0.375 e. The summed E-state index contributed by atoms with van der Waals surface area (Å²) in [7, 11) is 0. The summed E-state index contributed by atoms with van der Waals surface area (Å²) < 4.78 is 7.18. The molecule has 3 heterocycles. The first-order chi connectivity index (χ1) is 9.56. The van der Waals surface area contributed by atoms with Gasteiger partial charge in [0, 0.05) is 24.5 Å². The van der Waals surface area contributed by atoms with Gasteiger partial charge in [-0.3, -0.25) is 4.79 Å². The minimum absolute atomic E-state index is 0.0207. The first-order valence-corrected chi connectivity index (χ1v) is 6.79. The Morgan fingerprint density at radius 3 is 3.00 bits per heavy atom. The van der Waals surface area contributed by atoms with Crippen LogP contribution in [0.5, 0.6) is 0 Å². The minimum Gasteiger partial charge on any atom is -0.375 e. The van der Waals surface area contributed by atoms with Gasteiger partial charge in [-0.2, -0.15) is 5.10 Å². The Labute approximate surface area is 117 Å². The van der Waals surface area contributed by atoms with E-state index < -0.39 is 0 Å². The molecule has 1 aliphatic rings. The molecule has 0 spiro atoms. The number of hydrogen-bond donors (Lipinski definition) is 0. The Hall–Kier alpha value is -1.95. The van der Waals surface area contributed by atoms with Gasteiger partial charge in [0.05, 0.1) is 18.9 Å². The molecule has 0 aromatic carbocycles. The quantitative estimate of drug-likeness (QED) is 0.784. The van der Waals surface area contributed by atoms with Gasteiger partial charge in [-0.1, -0.05) is 0 Å². The fourth-order valence-electron chi connectivity index (χ4n) is 2.59. The standard InChI is InChI=1S/C14H18N4O2/c1-9-6-10(2)18-13(16-9)12(7-15-18)14(19)17-4-5-20-11(3)8-17/h6-7,11H,4-5,8H2,1-3H3/t11-/m0/s1. The fourth-order valence-corrected chi connectivity index (χ4v) is 2.59. The second-order valence-corrected chi connectivity index (χ2v) is 5.27. The number of carbonyl (C=O) groups is 1. The summed E-state index contributed by atoms with van der Waals surface area (Å²) in [4.78, 5) is 18.9. The van der Waals surface area contributed by atoms with Crippen molar-refractivity contribution < 1.29 is 9.53 Å². The number of fused-ring (bicyclic) bond motifs is 1. The zero-order valence-corrected chi connectivity index (χ0v) is 12.0. The van der Waals surface area contributed by atoms with Gasteiger partial charge in [0.2, 0.25) is 0 Å². The van der Waals surface area contributed by atoms with Crippen molar-refractivity contribution in [2.24, 2.45) is 0 Å². The van der Waals surface area contributed by atoms with Gasteiger partial charge < -0.3 is 9.64 Å². The van der Waals surface area contributed by atoms with Crippen molar-refractivity contribution in [2.75, 3.05) is 19.7 Å². The Kier molecular flexibility index (Phi) is 3.17. The van der Waals surface area contributed by atoms with E-state index in [-0.39, 0.29) is 12.0 Å². The summed E-state index contributed by atoms with van der Waals surface area (Å²) >= 11 is 0. The first-order valence-electron chi connectivity index (χ1n) is 6.79. The van der Waals surface area contributed by atoms with Crippen LogP contribution in [0.15, 0.2) is 12.3 Å². The van der Waals surface area contributed by atoms with Crippen LogP contribution < -0.4 is 0 Å². The van der Waals surface area contributed by atoms with E-state index in [2.05, 4.69) is 10.1 Å². The van der Waals surface area contributed by atoms with Crippen molar-refractivity contribution in [3.63, 3.8) is 0 Å². The summed E-state index contributed by atoms with van der Waals surface area (Å²) in [6, 6.07) is 1.95. The van der Waals surface area contributed by atoms with E-state index in [1.807, 2.05) is 31.7 Å². The molecular formula is C14H18N4O2. The summed E-state index contributed by atoms with van der Waals surface area (Å²) in [5.74, 6) is -0.0207. The number of aryl methyl sites for hydroxylation is 2. The van der Waals surface area contributed by atoms with Crippen LogP contribution in [0, 0.1) is 13.8 Å². The molecule has 20 heavy (non-hydrogen) atoms. The van der Waals surface area contributed by atoms with Crippen molar-refractivity contribution in [3.05, 3.63) is 29.2 Å². The molecule has 1 fully saturated rings. The lowest BCUT2D eigenvalue weighted by Crippen LogP contribution is -2.44. The van der Waals surface area contributed by atoms with Gasteiger partial charge >= 0.3 is 0 Å². The van der Waals surface area contributed by atoms with Crippen molar-refractivity contribution in [1.29, 1.82) is 0 Å². The van der Waals surface area contributed by atoms with Crippen LogP contribution in [0.25, 0.3) is 5.65 Å². The molecule has 0 aliphatic carbocycles. The predicted molar refractivity (Wildman–Crippen MR) is 73.8 cm³/mol. The molecule has 106 valence electrons. The highest BCUT2D eigenvalue weighted by atomic mass is 16.5. The van der Waals surface area contributed by atoms with Crippen LogP contribution in [-0.4, -0.2) is 51.2 Å². The molecule has 3 rings (SSSR count). The summed E-state index contributed by atoms with van der Waals surface area (Å²) in [5.41, 5.74) is 3.05. The SMILES string of the molecule is Cc1cc(C)n2ncc(C(=O)N3CCO[C@@H](C)C3)c2n1. The average molecular weight is 274 g/mol. The molecule has 2 aromatic heterocycles. The van der Waals surface area contributed by atoms with E-state index in [0.717, 1.165) is 11.4 Å². The lowest BCUT2D eigenvalue weighted by atomic mass is 10.2. The fraction of sp³-hybridized carbons (Fsp3) is 0.500. The van der Waals surface area contributed by atoms with Gasteiger partial charge in [-0.05, 0) is 26.8 Å². The third-order valence-corrected chi connectivity index (χ3v) is 3.54. The average Bonchev–Trinajstić information content (AvgIpc) is 2.81. The molecule has 1 atom stereocenters. The monoisotopic (exact) mass is 274 g/mol. The number of hydrogen-bond acceptors (Lipinski definition) is 4. The van der Waals surface area contributed by atoms with Crippen LogP contribution in [0.4, 0.5) is 0 Å². The normalized spacial score (nSPS) is 19.6. The molecule has 1 saturated heterocycles. The van der Waals surface area contributed by atoms with E-state index in [1.54, 1.807) is 10.7 Å². The van der Waals surface area contributed by atoms with Crippen LogP contribution in [0.3, 0.4) is 0 Å². The van der Waals surface area contributed by atoms with Gasteiger partial charge in [0.25, 0.3) is 5.91 Å². The third-order valence-electron chi connectivity index (χ3n) is 3.54. The molecule has 6 nitrogen and oxygen atoms in total. The highest BCUT2D eigenvalue weighted by Crippen LogP contribution is 2.16. The summed E-state index contributed by atoms with van der Waals surface area (Å²) in [5, 5.41) is 4.27. The lowest BCUT2D eigenvalue weighted by Gasteiger charge is -2.30. The lowest BCUT2D eigenvalue weighted by molar-refractivity contribution is -0.0123. The molecule has 6 heteroatoms. The maximum atomic E-state index is 12.6. The number of aromatic nitrogens is 3. The van der Waals surface area contributed by atoms with Crippen LogP contribution in [0.1, 0.15) is 28.7 Å². The van der Waals surface area contributed by atoms with Crippen molar-refractivity contribution in [3.8, 4) is 0 Å². The molecule has 1 amide bonds. The Bertz CT molecular complexity index is 664. The molecule has 2 aromatic rings. The topological polar surface area (TPSA) is 59.7 Å². The molecule has 0 unspecified atom stereocenters.